The molecule has 10 aromatic rings. The predicted molar refractivity (Wildman–Crippen MR) is 326 cm³/mol. The summed E-state index contributed by atoms with van der Waals surface area (Å²) in [5.41, 5.74) is 11.9. The number of imide groups is 1. The van der Waals surface area contributed by atoms with Crippen molar-refractivity contribution >= 4 is 74.6 Å². The number of nitrogen functional groups attached to an aromatic ring is 1. The maximum Gasteiger partial charge on any atom is 0.266 e. The molecule has 0 aliphatic carbocycles. The SMILES string of the molecule is COc1ccccc1-c1cc(N(C(=O)c2ccccc2)C(=O)c2ccccc2)ncn1.COc1ccccc1-c1cc(N)ncn1.COc1ccccc1-c1cc(NC(=O)c2ccccc2)ncn1.C[CH-]I.O=C(Cl)c1ccccc1.[V]. The second kappa shape index (κ2) is 34.1. The number of anilines is 3. The van der Waals surface area contributed by atoms with Gasteiger partial charge in [-0.15, -0.1) is 0 Å². The molecule has 7 aromatic carbocycles. The van der Waals surface area contributed by atoms with Crippen LogP contribution in [0.2, 0.25) is 0 Å². The van der Waals surface area contributed by atoms with Crippen LogP contribution in [0, 0.1) is 4.43 Å². The largest absolute Gasteiger partial charge is 0.496 e. The van der Waals surface area contributed by atoms with Crippen molar-refractivity contribution in [3.05, 3.63) is 258 Å². The number of para-hydroxylation sites is 3. The third-order valence-corrected chi connectivity index (χ3v) is 11.3. The number of hydrogen-bond acceptors (Lipinski definition) is 14. The van der Waals surface area contributed by atoms with Gasteiger partial charge in [-0.1, -0.05) is 121 Å². The van der Waals surface area contributed by atoms with E-state index in [1.807, 2.05) is 121 Å². The first-order valence-corrected chi connectivity index (χ1v) is 26.2. The Morgan fingerprint density at radius 1 is 0.476 bits per heavy atom. The Morgan fingerprint density at radius 2 is 0.817 bits per heavy atom. The summed E-state index contributed by atoms with van der Waals surface area (Å²) in [5, 5.41) is 2.37. The van der Waals surface area contributed by atoms with E-state index in [-0.39, 0.29) is 30.3 Å². The van der Waals surface area contributed by atoms with E-state index in [4.69, 9.17) is 31.5 Å². The summed E-state index contributed by atoms with van der Waals surface area (Å²) in [6.45, 7) is 1.99. The van der Waals surface area contributed by atoms with E-state index in [9.17, 15) is 19.2 Å². The van der Waals surface area contributed by atoms with E-state index in [0.717, 1.165) is 33.0 Å². The van der Waals surface area contributed by atoms with Crippen molar-refractivity contribution in [1.82, 2.24) is 29.9 Å². The molecule has 3 N–H and O–H groups in total. The molecule has 413 valence electrons. The molecule has 10 rings (SSSR count). The van der Waals surface area contributed by atoms with Crippen molar-refractivity contribution < 1.29 is 51.9 Å². The first-order valence-electron chi connectivity index (χ1n) is 24.6. The van der Waals surface area contributed by atoms with Crippen LogP contribution in [0.5, 0.6) is 17.2 Å². The number of nitrogens with one attached hydrogen (secondary N) is 1. The first-order chi connectivity index (χ1) is 39.5. The molecule has 3 aromatic heterocycles. The number of nitrogens with zero attached hydrogens (tertiary/aromatic N) is 7. The summed E-state index contributed by atoms with van der Waals surface area (Å²) in [6.07, 6.45) is 4.19. The van der Waals surface area contributed by atoms with Crippen LogP contribution in [-0.2, 0) is 18.6 Å². The summed E-state index contributed by atoms with van der Waals surface area (Å²) in [7, 11) is 4.81. The minimum Gasteiger partial charge on any atom is -0.496 e. The van der Waals surface area contributed by atoms with E-state index < -0.39 is 17.1 Å². The molecule has 0 bridgehead atoms. The molecule has 0 atom stereocenters. The van der Waals surface area contributed by atoms with Gasteiger partial charge >= 0.3 is 0 Å². The van der Waals surface area contributed by atoms with Crippen LogP contribution in [-0.4, -0.2) is 74.2 Å². The van der Waals surface area contributed by atoms with E-state index in [2.05, 4.69) is 57.8 Å². The molecule has 0 spiro atoms. The quantitative estimate of drug-likeness (QED) is 0.0504. The molecule has 16 nitrogen and oxygen atoms in total. The molecule has 1 radical (unpaired) electrons. The van der Waals surface area contributed by atoms with Gasteiger partial charge < -0.3 is 47.9 Å². The number of aromatic nitrogens is 6. The first kappa shape index (κ1) is 63.7. The summed E-state index contributed by atoms with van der Waals surface area (Å²) < 4.78 is 18.0. The van der Waals surface area contributed by atoms with E-state index in [1.54, 1.807) is 124 Å². The topological polar surface area (TPSA) is 215 Å². The number of amides is 3. The zero-order valence-electron chi connectivity index (χ0n) is 44.8. The molecule has 0 fully saturated rings. The Balaban J connectivity index is 0.000000212. The number of benzene rings is 7. The van der Waals surface area contributed by atoms with E-state index >= 15 is 0 Å². The Bertz CT molecular complexity index is 3570. The number of rotatable bonds is 12. The minimum atomic E-state index is -0.473. The Morgan fingerprint density at radius 3 is 1.21 bits per heavy atom. The van der Waals surface area contributed by atoms with Gasteiger partial charge in [0.1, 0.15) is 53.7 Å². The fourth-order valence-electron chi connectivity index (χ4n) is 7.35. The maximum absolute atomic E-state index is 13.4. The van der Waals surface area contributed by atoms with Gasteiger partial charge in [-0.2, -0.15) is 6.92 Å². The van der Waals surface area contributed by atoms with Gasteiger partial charge in [0.05, 0.1) is 38.4 Å². The van der Waals surface area contributed by atoms with Gasteiger partial charge in [-0.25, -0.2) is 34.8 Å². The van der Waals surface area contributed by atoms with Gasteiger partial charge in [0.2, 0.25) is 0 Å². The van der Waals surface area contributed by atoms with Crippen molar-refractivity contribution in [1.29, 1.82) is 0 Å². The minimum absolute atomic E-state index is 0. The van der Waals surface area contributed by atoms with Crippen molar-refractivity contribution in [3.8, 4) is 51.0 Å². The fourth-order valence-corrected chi connectivity index (χ4v) is 7.47. The van der Waals surface area contributed by atoms with E-state index in [1.165, 1.54) is 19.0 Å². The summed E-state index contributed by atoms with van der Waals surface area (Å²) in [5.74, 6) is 2.03. The van der Waals surface area contributed by atoms with Crippen LogP contribution in [0.4, 0.5) is 17.5 Å². The average molecular weight is 1260 g/mol. The van der Waals surface area contributed by atoms with E-state index in [0.29, 0.717) is 56.8 Å². The number of halogens is 2. The Kier molecular flexibility index (Phi) is 26.5. The van der Waals surface area contributed by atoms with Crippen LogP contribution in [0.3, 0.4) is 0 Å². The molecule has 3 heterocycles. The molecule has 3 amide bonds. The molecule has 82 heavy (non-hydrogen) atoms. The van der Waals surface area contributed by atoms with Gasteiger partial charge in [0.25, 0.3) is 23.0 Å². The maximum atomic E-state index is 13.4. The zero-order valence-corrected chi connectivity index (χ0v) is 49.1. The molecule has 0 aliphatic heterocycles. The Labute approximate surface area is 506 Å². The molecule has 0 saturated carbocycles. The number of nitrogens with two attached hydrogens (primary N) is 1. The zero-order chi connectivity index (χ0) is 57.8. The van der Waals surface area contributed by atoms with Crippen molar-refractivity contribution in [2.24, 2.45) is 0 Å². The van der Waals surface area contributed by atoms with Gasteiger partial charge in [0.15, 0.2) is 0 Å². The monoisotopic (exact) mass is 1260 g/mol. The van der Waals surface area contributed by atoms with Gasteiger partial charge in [-0.05, 0) is 84.4 Å². The van der Waals surface area contributed by atoms with Crippen LogP contribution < -0.4 is 30.2 Å². The number of methoxy groups -OCH3 is 3. The van der Waals surface area contributed by atoms with Gasteiger partial charge in [0, 0.05) is 75.7 Å². The molecule has 19 heteroatoms. The predicted octanol–water partition coefficient (Wildman–Crippen LogP) is 13.4. The van der Waals surface area contributed by atoms with Crippen LogP contribution in [0.15, 0.2) is 231 Å². The normalized spacial score (nSPS) is 9.78. The van der Waals surface area contributed by atoms with Crippen LogP contribution in [0.25, 0.3) is 33.8 Å². The second-order valence-corrected chi connectivity index (χ2v) is 17.9. The molecule has 0 aliphatic rings. The third kappa shape index (κ3) is 18.7. The number of ether oxygens (including phenoxy) is 3. The number of carbonyl (C=O) groups is 4. The number of hydrogen-bond donors (Lipinski definition) is 2. The standard InChI is InChI=1S/C25H19N3O3.C18H15N3O2.C11H11N3O.C7H5ClO.C2H4I.V/c1-31-22-15-9-8-14-20(22)21-16-23(27-17-26-21)28(24(29)18-10-4-2-5-11-18)25(30)19-12-6-3-7-13-19;1-23-16-10-6-5-9-14(16)15-11-17(20-12-19-15)21-18(22)13-7-3-2-4-8-13;1-15-10-5-3-2-4-8(10)9-6-11(12)14-7-13-9;8-7(9)6-4-2-1-3-5-6;1-2-3;/h2-17H,1H3;2-12H,1H3,(H,19,20,21,22);2-7H,1H3,(H2,12,13,14);1-5H;2H,1H3;/q;;;;-1;. The fraction of sp³-hybridized carbons (Fsp3) is 0.0635. The van der Waals surface area contributed by atoms with Crippen LogP contribution >= 0.6 is 34.2 Å². The molecule has 0 saturated heterocycles. The molecular weight excluding hydrogens is 1210 g/mol. The van der Waals surface area contributed by atoms with Crippen molar-refractivity contribution in [2.75, 3.05) is 37.3 Å². The van der Waals surface area contributed by atoms with Crippen molar-refractivity contribution in [2.45, 2.75) is 6.92 Å². The number of carbonyl (C=O) groups excluding carboxylic acids is 4. The smallest absolute Gasteiger partial charge is 0.266 e. The second-order valence-electron chi connectivity index (χ2n) is 16.3. The Hall–Kier alpha value is -9.14. The third-order valence-electron chi connectivity index (χ3n) is 11.1. The van der Waals surface area contributed by atoms with Crippen molar-refractivity contribution in [3.63, 3.8) is 0 Å². The average Bonchev–Trinajstić information content (AvgIpc) is 3.73. The molecule has 0 unspecified atom stereocenters. The summed E-state index contributed by atoms with van der Waals surface area (Å²) in [6, 6.07) is 62.6. The van der Waals surface area contributed by atoms with Crippen LogP contribution in [0.1, 0.15) is 48.4 Å². The molecular formula is C63H54ClIN9O7V-. The summed E-state index contributed by atoms with van der Waals surface area (Å²) >= 11 is 7.33. The summed E-state index contributed by atoms with van der Waals surface area (Å²) in [4.78, 5) is 75.3. The van der Waals surface area contributed by atoms with Gasteiger partial charge in [-0.3, -0.25) is 23.6 Å².